The normalized spacial score (nSPS) is 10.9. The van der Waals surface area contributed by atoms with Crippen LogP contribution in [-0.2, 0) is 0 Å². The standard InChI is InChI=1S/C16H21N3O/c1-11(2)6-5-9-18-16(20)14-10-12-7-3-4-8-13(12)15(17)19-14/h3-4,7-8,10-11H,5-6,9H2,1-2H3,(H2,17,19)(H,18,20). The fourth-order valence-electron chi connectivity index (χ4n) is 2.14. The van der Waals surface area contributed by atoms with Gasteiger partial charge in [-0.15, -0.1) is 0 Å². The van der Waals surface area contributed by atoms with Gasteiger partial charge in [0.15, 0.2) is 0 Å². The number of fused-ring (bicyclic) bond motifs is 1. The van der Waals surface area contributed by atoms with Crippen LogP contribution in [0.1, 0.15) is 37.2 Å². The Kier molecular flexibility index (Phi) is 4.56. The average Bonchev–Trinajstić information content (AvgIpc) is 2.43. The second-order valence-corrected chi connectivity index (χ2v) is 5.41. The number of anilines is 1. The van der Waals surface area contributed by atoms with Crippen molar-refractivity contribution in [3.63, 3.8) is 0 Å². The van der Waals surface area contributed by atoms with E-state index in [0.29, 0.717) is 24.0 Å². The molecular weight excluding hydrogens is 250 g/mol. The zero-order chi connectivity index (χ0) is 14.5. The van der Waals surface area contributed by atoms with Crippen molar-refractivity contribution >= 4 is 22.5 Å². The summed E-state index contributed by atoms with van der Waals surface area (Å²) in [4.78, 5) is 16.2. The number of hydrogen-bond acceptors (Lipinski definition) is 3. The second-order valence-electron chi connectivity index (χ2n) is 5.41. The van der Waals surface area contributed by atoms with E-state index in [1.54, 1.807) is 6.07 Å². The van der Waals surface area contributed by atoms with Crippen LogP contribution in [-0.4, -0.2) is 17.4 Å². The Bertz CT molecular complexity index is 608. The molecule has 1 aromatic heterocycles. The molecule has 0 unspecified atom stereocenters. The number of carbonyl (C=O) groups is 1. The van der Waals surface area contributed by atoms with Gasteiger partial charge in [0, 0.05) is 11.9 Å². The van der Waals surface area contributed by atoms with E-state index in [0.717, 1.165) is 23.6 Å². The van der Waals surface area contributed by atoms with Gasteiger partial charge in [-0.05, 0) is 30.2 Å². The number of carbonyl (C=O) groups excluding carboxylic acids is 1. The third kappa shape index (κ3) is 3.47. The molecule has 0 aliphatic rings. The first kappa shape index (κ1) is 14.3. The maximum absolute atomic E-state index is 12.1. The first-order valence-corrected chi connectivity index (χ1v) is 7.01. The summed E-state index contributed by atoms with van der Waals surface area (Å²) in [7, 11) is 0. The Morgan fingerprint density at radius 3 is 2.85 bits per heavy atom. The van der Waals surface area contributed by atoms with Crippen LogP contribution in [0.5, 0.6) is 0 Å². The van der Waals surface area contributed by atoms with Gasteiger partial charge in [-0.3, -0.25) is 4.79 Å². The van der Waals surface area contributed by atoms with Crippen LogP contribution in [0.15, 0.2) is 30.3 Å². The molecule has 0 fully saturated rings. The molecule has 0 saturated heterocycles. The van der Waals surface area contributed by atoms with Gasteiger partial charge in [-0.25, -0.2) is 4.98 Å². The minimum atomic E-state index is -0.161. The molecule has 0 saturated carbocycles. The lowest BCUT2D eigenvalue weighted by Crippen LogP contribution is -2.25. The van der Waals surface area contributed by atoms with Crippen molar-refractivity contribution in [3.8, 4) is 0 Å². The zero-order valence-electron chi connectivity index (χ0n) is 12.0. The lowest BCUT2D eigenvalue weighted by atomic mass is 10.1. The van der Waals surface area contributed by atoms with E-state index in [2.05, 4.69) is 24.1 Å². The van der Waals surface area contributed by atoms with Gasteiger partial charge in [0.25, 0.3) is 5.91 Å². The number of nitrogen functional groups attached to an aromatic ring is 1. The molecule has 0 spiro atoms. The monoisotopic (exact) mass is 271 g/mol. The summed E-state index contributed by atoms with van der Waals surface area (Å²) >= 11 is 0. The summed E-state index contributed by atoms with van der Waals surface area (Å²) in [6.07, 6.45) is 2.08. The lowest BCUT2D eigenvalue weighted by molar-refractivity contribution is 0.0948. The van der Waals surface area contributed by atoms with Crippen LogP contribution in [0.25, 0.3) is 10.8 Å². The van der Waals surface area contributed by atoms with Crippen LogP contribution in [0, 0.1) is 5.92 Å². The molecule has 20 heavy (non-hydrogen) atoms. The van der Waals surface area contributed by atoms with E-state index in [9.17, 15) is 4.79 Å². The van der Waals surface area contributed by atoms with E-state index in [-0.39, 0.29) is 5.91 Å². The van der Waals surface area contributed by atoms with Crippen LogP contribution >= 0.6 is 0 Å². The minimum Gasteiger partial charge on any atom is -0.383 e. The van der Waals surface area contributed by atoms with Crippen molar-refractivity contribution in [2.75, 3.05) is 12.3 Å². The number of amides is 1. The molecule has 2 aromatic rings. The summed E-state index contributed by atoms with van der Waals surface area (Å²) in [5.74, 6) is 0.892. The number of hydrogen-bond donors (Lipinski definition) is 2. The smallest absolute Gasteiger partial charge is 0.269 e. The molecular formula is C16H21N3O. The van der Waals surface area contributed by atoms with E-state index >= 15 is 0 Å². The van der Waals surface area contributed by atoms with Crippen LogP contribution in [0.4, 0.5) is 5.82 Å². The largest absolute Gasteiger partial charge is 0.383 e. The lowest BCUT2D eigenvalue weighted by Gasteiger charge is -2.08. The number of benzene rings is 1. The van der Waals surface area contributed by atoms with Crippen molar-refractivity contribution in [1.29, 1.82) is 0 Å². The maximum Gasteiger partial charge on any atom is 0.269 e. The van der Waals surface area contributed by atoms with E-state index < -0.39 is 0 Å². The molecule has 4 heteroatoms. The Morgan fingerprint density at radius 1 is 1.35 bits per heavy atom. The highest BCUT2D eigenvalue weighted by molar-refractivity contribution is 5.99. The number of rotatable bonds is 5. The van der Waals surface area contributed by atoms with Gasteiger partial charge in [-0.1, -0.05) is 38.1 Å². The third-order valence-electron chi connectivity index (χ3n) is 3.25. The maximum atomic E-state index is 12.1. The molecule has 1 amide bonds. The van der Waals surface area contributed by atoms with Crippen LogP contribution < -0.4 is 11.1 Å². The first-order chi connectivity index (χ1) is 9.58. The van der Waals surface area contributed by atoms with Gasteiger partial charge in [-0.2, -0.15) is 0 Å². The summed E-state index contributed by atoms with van der Waals surface area (Å²) in [5.41, 5.74) is 6.28. The molecule has 0 radical (unpaired) electrons. The van der Waals surface area contributed by atoms with E-state index in [4.69, 9.17) is 5.73 Å². The van der Waals surface area contributed by atoms with E-state index in [1.807, 2.05) is 24.3 Å². The Balaban J connectivity index is 2.07. The molecule has 0 aliphatic heterocycles. The van der Waals surface area contributed by atoms with Gasteiger partial charge >= 0.3 is 0 Å². The van der Waals surface area contributed by atoms with Crippen LogP contribution in [0.3, 0.4) is 0 Å². The molecule has 0 atom stereocenters. The number of nitrogens with two attached hydrogens (primary N) is 1. The number of nitrogens with one attached hydrogen (secondary N) is 1. The van der Waals surface area contributed by atoms with Gasteiger partial charge in [0.05, 0.1) is 0 Å². The highest BCUT2D eigenvalue weighted by Gasteiger charge is 2.10. The second kappa shape index (κ2) is 6.37. The Morgan fingerprint density at radius 2 is 2.10 bits per heavy atom. The molecule has 1 heterocycles. The fraction of sp³-hybridized carbons (Fsp3) is 0.375. The molecule has 2 rings (SSSR count). The minimum absolute atomic E-state index is 0.161. The highest BCUT2D eigenvalue weighted by Crippen LogP contribution is 2.19. The van der Waals surface area contributed by atoms with Gasteiger partial charge in [0.2, 0.25) is 0 Å². The molecule has 3 N–H and O–H groups in total. The van der Waals surface area contributed by atoms with Crippen molar-refractivity contribution in [2.24, 2.45) is 5.92 Å². The summed E-state index contributed by atoms with van der Waals surface area (Å²) in [5, 5.41) is 4.71. The fourth-order valence-corrected chi connectivity index (χ4v) is 2.14. The quantitative estimate of drug-likeness (QED) is 0.821. The topological polar surface area (TPSA) is 68.0 Å². The molecule has 0 bridgehead atoms. The van der Waals surface area contributed by atoms with Gasteiger partial charge < -0.3 is 11.1 Å². The van der Waals surface area contributed by atoms with Crippen molar-refractivity contribution < 1.29 is 4.79 Å². The summed E-state index contributed by atoms with van der Waals surface area (Å²) in [6.45, 7) is 5.02. The first-order valence-electron chi connectivity index (χ1n) is 7.01. The van der Waals surface area contributed by atoms with Crippen molar-refractivity contribution in [2.45, 2.75) is 26.7 Å². The molecule has 1 aromatic carbocycles. The summed E-state index contributed by atoms with van der Waals surface area (Å²) < 4.78 is 0. The molecule has 0 aliphatic carbocycles. The summed E-state index contributed by atoms with van der Waals surface area (Å²) in [6, 6.07) is 9.45. The number of aromatic nitrogens is 1. The number of pyridine rings is 1. The zero-order valence-corrected chi connectivity index (χ0v) is 12.0. The predicted octanol–water partition coefficient (Wildman–Crippen LogP) is 2.98. The van der Waals surface area contributed by atoms with Crippen LogP contribution in [0.2, 0.25) is 0 Å². The average molecular weight is 271 g/mol. The van der Waals surface area contributed by atoms with Gasteiger partial charge in [0.1, 0.15) is 11.5 Å². The highest BCUT2D eigenvalue weighted by atomic mass is 16.1. The SMILES string of the molecule is CC(C)CCCNC(=O)c1cc2ccccc2c(N)n1. The third-order valence-corrected chi connectivity index (χ3v) is 3.25. The molecule has 4 nitrogen and oxygen atoms in total. The number of nitrogens with zero attached hydrogens (tertiary/aromatic N) is 1. The Labute approximate surface area is 119 Å². The van der Waals surface area contributed by atoms with E-state index in [1.165, 1.54) is 0 Å². The van der Waals surface area contributed by atoms with Crippen molar-refractivity contribution in [1.82, 2.24) is 10.3 Å². The Hall–Kier alpha value is -2.10. The molecule has 106 valence electrons. The predicted molar refractivity (Wildman–Crippen MR) is 82.6 cm³/mol. The van der Waals surface area contributed by atoms with Crippen molar-refractivity contribution in [3.05, 3.63) is 36.0 Å².